The SMILES string of the molecule is Cc1nn(C)c(N2CCCC2c2nnc3n2CCCCC3)c1[N+](=O)[O-]. The van der Waals surface area contributed by atoms with E-state index in [1.54, 1.807) is 18.7 Å². The number of aryl methyl sites for hydroxylation is 3. The quantitative estimate of drug-likeness (QED) is 0.626. The van der Waals surface area contributed by atoms with Crippen molar-refractivity contribution in [2.45, 2.75) is 58.0 Å². The van der Waals surface area contributed by atoms with Crippen molar-refractivity contribution in [2.75, 3.05) is 11.4 Å². The van der Waals surface area contributed by atoms with Crippen molar-refractivity contribution in [1.29, 1.82) is 0 Å². The van der Waals surface area contributed by atoms with Crippen molar-refractivity contribution in [2.24, 2.45) is 7.05 Å². The van der Waals surface area contributed by atoms with Crippen LogP contribution in [0, 0.1) is 17.0 Å². The summed E-state index contributed by atoms with van der Waals surface area (Å²) in [6, 6.07) is 0.0212. The highest BCUT2D eigenvalue weighted by Crippen LogP contribution is 2.41. The first kappa shape index (κ1) is 16.0. The van der Waals surface area contributed by atoms with Gasteiger partial charge in [0.25, 0.3) is 0 Å². The molecular formula is C16H23N7O2. The summed E-state index contributed by atoms with van der Waals surface area (Å²) in [4.78, 5) is 13.4. The Morgan fingerprint density at radius 3 is 2.80 bits per heavy atom. The molecule has 4 rings (SSSR count). The molecule has 134 valence electrons. The van der Waals surface area contributed by atoms with Gasteiger partial charge in [-0.1, -0.05) is 6.42 Å². The van der Waals surface area contributed by atoms with E-state index in [-0.39, 0.29) is 16.7 Å². The molecule has 0 amide bonds. The number of rotatable bonds is 3. The van der Waals surface area contributed by atoms with Crippen LogP contribution in [0.1, 0.15) is 55.5 Å². The van der Waals surface area contributed by atoms with Crippen LogP contribution in [0.5, 0.6) is 0 Å². The molecule has 1 fully saturated rings. The van der Waals surface area contributed by atoms with E-state index in [1.165, 1.54) is 6.42 Å². The van der Waals surface area contributed by atoms with Gasteiger partial charge in [0.05, 0.1) is 11.0 Å². The molecule has 9 heteroatoms. The first-order chi connectivity index (χ1) is 12.1. The Morgan fingerprint density at radius 2 is 2.00 bits per heavy atom. The fraction of sp³-hybridized carbons (Fsp3) is 0.688. The molecule has 0 aromatic carbocycles. The van der Waals surface area contributed by atoms with Crippen molar-refractivity contribution in [1.82, 2.24) is 24.5 Å². The van der Waals surface area contributed by atoms with Crippen LogP contribution < -0.4 is 4.90 Å². The molecule has 1 saturated heterocycles. The van der Waals surface area contributed by atoms with Crippen molar-refractivity contribution in [3.63, 3.8) is 0 Å². The lowest BCUT2D eigenvalue weighted by Crippen LogP contribution is -2.28. The first-order valence-corrected chi connectivity index (χ1v) is 8.94. The fourth-order valence-corrected chi connectivity index (χ4v) is 4.21. The largest absolute Gasteiger partial charge is 0.341 e. The van der Waals surface area contributed by atoms with Gasteiger partial charge in [-0.15, -0.1) is 10.2 Å². The molecule has 1 atom stereocenters. The van der Waals surface area contributed by atoms with Gasteiger partial charge in [0.15, 0.2) is 5.82 Å². The smallest absolute Gasteiger partial charge is 0.333 e. The van der Waals surface area contributed by atoms with Crippen LogP contribution in [0.3, 0.4) is 0 Å². The van der Waals surface area contributed by atoms with E-state index in [0.717, 1.165) is 56.8 Å². The molecule has 0 N–H and O–H groups in total. The molecule has 0 saturated carbocycles. The Labute approximate surface area is 145 Å². The van der Waals surface area contributed by atoms with Gasteiger partial charge in [0, 0.05) is 26.6 Å². The first-order valence-electron chi connectivity index (χ1n) is 8.94. The van der Waals surface area contributed by atoms with Crippen LogP contribution in [-0.4, -0.2) is 36.0 Å². The Hall–Kier alpha value is -2.45. The number of hydrogen-bond donors (Lipinski definition) is 0. The minimum absolute atomic E-state index is 0.0212. The molecule has 25 heavy (non-hydrogen) atoms. The Kier molecular flexibility index (Phi) is 3.93. The third kappa shape index (κ3) is 2.58. The zero-order valence-corrected chi connectivity index (χ0v) is 14.7. The zero-order valence-electron chi connectivity index (χ0n) is 14.7. The summed E-state index contributed by atoms with van der Waals surface area (Å²) in [7, 11) is 1.77. The van der Waals surface area contributed by atoms with Crippen LogP contribution in [0.25, 0.3) is 0 Å². The highest BCUT2D eigenvalue weighted by molar-refractivity contribution is 5.62. The summed E-state index contributed by atoms with van der Waals surface area (Å²) in [5, 5.41) is 24.7. The van der Waals surface area contributed by atoms with Gasteiger partial charge in [-0.25, -0.2) is 4.68 Å². The molecule has 0 spiro atoms. The topological polar surface area (TPSA) is 94.9 Å². The van der Waals surface area contributed by atoms with Gasteiger partial charge in [-0.2, -0.15) is 5.10 Å². The monoisotopic (exact) mass is 345 g/mol. The molecule has 2 aromatic rings. The second-order valence-corrected chi connectivity index (χ2v) is 6.93. The van der Waals surface area contributed by atoms with E-state index in [2.05, 4.69) is 24.8 Å². The minimum Gasteiger partial charge on any atom is -0.341 e. The Morgan fingerprint density at radius 1 is 1.16 bits per heavy atom. The lowest BCUT2D eigenvalue weighted by atomic mass is 10.2. The average Bonchev–Trinajstić information content (AvgIpc) is 3.20. The molecule has 0 aliphatic carbocycles. The Bertz CT molecular complexity index is 810. The average molecular weight is 345 g/mol. The van der Waals surface area contributed by atoms with Gasteiger partial charge >= 0.3 is 5.69 Å². The standard InChI is InChI=1S/C16H23N7O2/c1-11-14(23(24)25)16(20(2)19-11)21-10-6-7-12(21)15-18-17-13-8-4-3-5-9-22(13)15/h12H,3-10H2,1-2H3. The van der Waals surface area contributed by atoms with E-state index in [0.29, 0.717) is 11.5 Å². The van der Waals surface area contributed by atoms with Crippen LogP contribution in [-0.2, 0) is 20.0 Å². The molecule has 9 nitrogen and oxygen atoms in total. The normalized spacial score (nSPS) is 20.6. The molecule has 2 aliphatic rings. The molecule has 0 bridgehead atoms. The highest BCUT2D eigenvalue weighted by Gasteiger charge is 2.38. The predicted octanol–water partition coefficient (Wildman–Crippen LogP) is 2.30. The van der Waals surface area contributed by atoms with E-state index in [4.69, 9.17) is 0 Å². The van der Waals surface area contributed by atoms with Gasteiger partial charge in [0.1, 0.15) is 11.5 Å². The van der Waals surface area contributed by atoms with Crippen molar-refractivity contribution in [3.8, 4) is 0 Å². The van der Waals surface area contributed by atoms with Crippen LogP contribution >= 0.6 is 0 Å². The molecule has 0 radical (unpaired) electrons. The zero-order chi connectivity index (χ0) is 17.6. The van der Waals surface area contributed by atoms with Crippen molar-refractivity contribution >= 4 is 11.5 Å². The number of fused-ring (bicyclic) bond motifs is 1. The summed E-state index contributed by atoms with van der Waals surface area (Å²) in [6.07, 6.45) is 6.37. The van der Waals surface area contributed by atoms with E-state index in [9.17, 15) is 10.1 Å². The van der Waals surface area contributed by atoms with Crippen LogP contribution in [0.15, 0.2) is 0 Å². The number of nitrogens with zero attached hydrogens (tertiary/aromatic N) is 7. The maximum absolute atomic E-state index is 11.6. The van der Waals surface area contributed by atoms with Crippen LogP contribution in [0.2, 0.25) is 0 Å². The lowest BCUT2D eigenvalue weighted by Gasteiger charge is -2.25. The third-order valence-corrected chi connectivity index (χ3v) is 5.30. The lowest BCUT2D eigenvalue weighted by molar-refractivity contribution is -0.384. The second-order valence-electron chi connectivity index (χ2n) is 6.93. The summed E-state index contributed by atoms with van der Waals surface area (Å²) >= 11 is 0. The van der Waals surface area contributed by atoms with Gasteiger partial charge in [-0.3, -0.25) is 10.1 Å². The molecular weight excluding hydrogens is 322 g/mol. The maximum Gasteiger partial charge on any atom is 0.333 e. The predicted molar refractivity (Wildman–Crippen MR) is 91.5 cm³/mol. The molecule has 4 heterocycles. The number of hydrogen-bond acceptors (Lipinski definition) is 6. The summed E-state index contributed by atoms with van der Waals surface area (Å²) in [5.41, 5.74) is 0.554. The van der Waals surface area contributed by atoms with Gasteiger partial charge in [0.2, 0.25) is 5.82 Å². The maximum atomic E-state index is 11.6. The Balaban J connectivity index is 1.76. The van der Waals surface area contributed by atoms with Crippen molar-refractivity contribution < 1.29 is 4.92 Å². The van der Waals surface area contributed by atoms with Gasteiger partial charge < -0.3 is 9.47 Å². The number of aromatic nitrogens is 5. The van der Waals surface area contributed by atoms with Crippen LogP contribution in [0.4, 0.5) is 11.5 Å². The van der Waals surface area contributed by atoms with Gasteiger partial charge in [-0.05, 0) is 32.6 Å². The molecule has 2 aromatic heterocycles. The van der Waals surface area contributed by atoms with E-state index < -0.39 is 0 Å². The second kappa shape index (κ2) is 6.12. The summed E-state index contributed by atoms with van der Waals surface area (Å²) < 4.78 is 3.87. The molecule has 1 unspecified atom stereocenters. The summed E-state index contributed by atoms with van der Waals surface area (Å²) in [6.45, 7) is 3.40. The minimum atomic E-state index is -0.322. The van der Waals surface area contributed by atoms with Crippen molar-refractivity contribution in [3.05, 3.63) is 27.5 Å². The van der Waals surface area contributed by atoms with E-state index >= 15 is 0 Å². The summed E-state index contributed by atoms with van der Waals surface area (Å²) in [5.74, 6) is 2.58. The highest BCUT2D eigenvalue weighted by atomic mass is 16.6. The molecule has 2 aliphatic heterocycles. The fourth-order valence-electron chi connectivity index (χ4n) is 4.21. The number of anilines is 1. The number of nitro groups is 1. The van der Waals surface area contributed by atoms with E-state index in [1.807, 2.05) is 0 Å². The third-order valence-electron chi connectivity index (χ3n) is 5.30.